The van der Waals surface area contributed by atoms with E-state index in [0.717, 1.165) is 0 Å². The summed E-state index contributed by atoms with van der Waals surface area (Å²) in [6.07, 6.45) is 4.63. The summed E-state index contributed by atoms with van der Waals surface area (Å²) >= 11 is 12.0. The third kappa shape index (κ3) is 4.22. The standard InChI is InChI=1S/C14H15Cl2NO3/c1-4-7-19-12-9-13(11(16)8-10(12)15)20-14(18)17(5-2)6-3/h1,8-9H,5-7H2,2-3H3. The van der Waals surface area contributed by atoms with Crippen molar-refractivity contribution in [1.82, 2.24) is 4.90 Å². The van der Waals surface area contributed by atoms with Crippen molar-refractivity contribution in [2.24, 2.45) is 0 Å². The Balaban J connectivity index is 2.94. The van der Waals surface area contributed by atoms with Gasteiger partial charge in [-0.2, -0.15) is 0 Å². The molecule has 0 aliphatic carbocycles. The van der Waals surface area contributed by atoms with Crippen molar-refractivity contribution < 1.29 is 14.3 Å². The zero-order valence-electron chi connectivity index (χ0n) is 11.3. The third-order valence-corrected chi connectivity index (χ3v) is 3.11. The smallest absolute Gasteiger partial charge is 0.415 e. The molecule has 0 saturated heterocycles. The lowest BCUT2D eigenvalue weighted by Crippen LogP contribution is -2.33. The van der Waals surface area contributed by atoms with Gasteiger partial charge >= 0.3 is 6.09 Å². The highest BCUT2D eigenvalue weighted by molar-refractivity contribution is 6.36. The van der Waals surface area contributed by atoms with Gasteiger partial charge in [-0.25, -0.2) is 4.79 Å². The van der Waals surface area contributed by atoms with E-state index in [2.05, 4.69) is 5.92 Å². The SMILES string of the molecule is C#CCOc1cc(OC(=O)N(CC)CC)c(Cl)cc1Cl. The number of ether oxygens (including phenoxy) is 2. The maximum absolute atomic E-state index is 11.9. The van der Waals surface area contributed by atoms with E-state index in [1.807, 2.05) is 13.8 Å². The summed E-state index contributed by atoms with van der Waals surface area (Å²) in [6.45, 7) is 4.86. The van der Waals surface area contributed by atoms with Crippen LogP contribution >= 0.6 is 23.2 Å². The fourth-order valence-electron chi connectivity index (χ4n) is 1.46. The summed E-state index contributed by atoms with van der Waals surface area (Å²) in [5, 5.41) is 0.524. The number of carbonyl (C=O) groups is 1. The van der Waals surface area contributed by atoms with Crippen molar-refractivity contribution in [3.8, 4) is 23.8 Å². The molecule has 0 fully saturated rings. The Bertz CT molecular complexity index is 522. The molecule has 0 radical (unpaired) electrons. The Kier molecular flexibility index (Phi) is 6.50. The summed E-state index contributed by atoms with van der Waals surface area (Å²) in [6, 6.07) is 2.89. The van der Waals surface area contributed by atoms with Crippen LogP contribution in [-0.4, -0.2) is 30.7 Å². The van der Waals surface area contributed by atoms with Crippen molar-refractivity contribution in [3.05, 3.63) is 22.2 Å². The van der Waals surface area contributed by atoms with Crippen LogP contribution in [-0.2, 0) is 0 Å². The van der Waals surface area contributed by atoms with Crippen LogP contribution in [0.3, 0.4) is 0 Å². The summed E-state index contributed by atoms with van der Waals surface area (Å²) in [4.78, 5) is 13.4. The molecule has 1 aromatic carbocycles. The molecule has 108 valence electrons. The first kappa shape index (κ1) is 16.5. The highest BCUT2D eigenvalue weighted by atomic mass is 35.5. The molecule has 20 heavy (non-hydrogen) atoms. The highest BCUT2D eigenvalue weighted by Gasteiger charge is 2.16. The average Bonchev–Trinajstić information content (AvgIpc) is 2.42. The predicted molar refractivity (Wildman–Crippen MR) is 79.7 cm³/mol. The van der Waals surface area contributed by atoms with E-state index in [1.54, 1.807) is 0 Å². The monoisotopic (exact) mass is 315 g/mol. The van der Waals surface area contributed by atoms with Crippen molar-refractivity contribution in [3.63, 3.8) is 0 Å². The molecular weight excluding hydrogens is 301 g/mol. The number of carbonyl (C=O) groups excluding carboxylic acids is 1. The van der Waals surface area contributed by atoms with Gasteiger partial charge in [-0.3, -0.25) is 0 Å². The summed E-state index contributed by atoms with van der Waals surface area (Å²) in [5.41, 5.74) is 0. The minimum absolute atomic E-state index is 0.0603. The minimum Gasteiger partial charge on any atom is -0.479 e. The number of benzene rings is 1. The van der Waals surface area contributed by atoms with E-state index in [0.29, 0.717) is 23.9 Å². The number of hydrogen-bond acceptors (Lipinski definition) is 3. The van der Waals surface area contributed by atoms with E-state index in [9.17, 15) is 4.79 Å². The maximum atomic E-state index is 11.9. The number of halogens is 2. The number of amides is 1. The van der Waals surface area contributed by atoms with Gasteiger partial charge in [-0.1, -0.05) is 29.1 Å². The van der Waals surface area contributed by atoms with Crippen LogP contribution in [0.2, 0.25) is 10.0 Å². The van der Waals surface area contributed by atoms with E-state index in [4.69, 9.17) is 39.1 Å². The lowest BCUT2D eigenvalue weighted by Gasteiger charge is -2.18. The molecule has 0 N–H and O–H groups in total. The Morgan fingerprint density at radius 1 is 1.25 bits per heavy atom. The van der Waals surface area contributed by atoms with Gasteiger partial charge in [0.25, 0.3) is 0 Å². The van der Waals surface area contributed by atoms with Gasteiger partial charge in [0.15, 0.2) is 5.75 Å². The zero-order valence-corrected chi connectivity index (χ0v) is 12.8. The molecule has 0 aromatic heterocycles. The van der Waals surface area contributed by atoms with E-state index in [-0.39, 0.29) is 17.4 Å². The van der Waals surface area contributed by atoms with Crippen LogP contribution in [0.5, 0.6) is 11.5 Å². The molecule has 0 bridgehead atoms. The van der Waals surface area contributed by atoms with E-state index in [1.165, 1.54) is 17.0 Å². The molecule has 1 amide bonds. The van der Waals surface area contributed by atoms with Crippen LogP contribution < -0.4 is 9.47 Å². The molecule has 1 aromatic rings. The Hall–Kier alpha value is -1.57. The first-order chi connectivity index (χ1) is 9.53. The molecule has 0 heterocycles. The number of terminal acetylenes is 1. The van der Waals surface area contributed by atoms with Crippen LogP contribution in [0, 0.1) is 12.3 Å². The van der Waals surface area contributed by atoms with Crippen LogP contribution in [0.25, 0.3) is 0 Å². The normalized spacial score (nSPS) is 9.75. The quantitative estimate of drug-likeness (QED) is 0.775. The lowest BCUT2D eigenvalue weighted by atomic mass is 10.3. The van der Waals surface area contributed by atoms with Gasteiger partial charge in [0.2, 0.25) is 0 Å². The summed E-state index contributed by atoms with van der Waals surface area (Å²) in [5.74, 6) is 2.82. The van der Waals surface area contributed by atoms with Gasteiger partial charge in [0, 0.05) is 19.2 Å². The molecule has 0 unspecified atom stereocenters. The second-order valence-electron chi connectivity index (χ2n) is 3.75. The maximum Gasteiger partial charge on any atom is 0.415 e. The van der Waals surface area contributed by atoms with Crippen LogP contribution in [0.1, 0.15) is 13.8 Å². The van der Waals surface area contributed by atoms with Crippen molar-refractivity contribution >= 4 is 29.3 Å². The topological polar surface area (TPSA) is 38.8 Å². The van der Waals surface area contributed by atoms with Gasteiger partial charge in [-0.15, -0.1) is 6.42 Å². The van der Waals surface area contributed by atoms with Crippen molar-refractivity contribution in [2.45, 2.75) is 13.8 Å². The molecule has 6 heteroatoms. The molecule has 1 rings (SSSR count). The first-order valence-electron chi connectivity index (χ1n) is 6.05. The molecule has 0 saturated carbocycles. The minimum atomic E-state index is -0.484. The second kappa shape index (κ2) is 7.88. The van der Waals surface area contributed by atoms with Crippen molar-refractivity contribution in [2.75, 3.05) is 19.7 Å². The number of hydrogen-bond donors (Lipinski definition) is 0. The first-order valence-corrected chi connectivity index (χ1v) is 6.81. The van der Waals surface area contributed by atoms with E-state index >= 15 is 0 Å². The molecule has 4 nitrogen and oxygen atoms in total. The lowest BCUT2D eigenvalue weighted by molar-refractivity contribution is 0.157. The molecular formula is C14H15Cl2NO3. The average molecular weight is 316 g/mol. The molecule has 0 atom stereocenters. The molecule has 0 aliphatic rings. The molecule has 0 spiro atoms. The van der Waals surface area contributed by atoms with E-state index < -0.39 is 6.09 Å². The molecule has 0 aliphatic heterocycles. The van der Waals surface area contributed by atoms with Crippen LogP contribution in [0.4, 0.5) is 4.79 Å². The summed E-state index contributed by atoms with van der Waals surface area (Å²) in [7, 11) is 0. The Morgan fingerprint density at radius 3 is 2.40 bits per heavy atom. The predicted octanol–water partition coefficient (Wildman–Crippen LogP) is 3.85. The largest absolute Gasteiger partial charge is 0.479 e. The highest BCUT2D eigenvalue weighted by Crippen LogP contribution is 2.36. The van der Waals surface area contributed by atoms with Gasteiger partial charge in [0.1, 0.15) is 12.4 Å². The summed E-state index contributed by atoms with van der Waals surface area (Å²) < 4.78 is 10.5. The Morgan fingerprint density at radius 2 is 1.85 bits per heavy atom. The van der Waals surface area contributed by atoms with Gasteiger partial charge in [0.05, 0.1) is 10.0 Å². The fourth-order valence-corrected chi connectivity index (χ4v) is 1.94. The van der Waals surface area contributed by atoms with Gasteiger partial charge < -0.3 is 14.4 Å². The van der Waals surface area contributed by atoms with Gasteiger partial charge in [-0.05, 0) is 19.9 Å². The van der Waals surface area contributed by atoms with Crippen molar-refractivity contribution in [1.29, 1.82) is 0 Å². The Labute approximate surface area is 128 Å². The number of nitrogens with zero attached hydrogens (tertiary/aromatic N) is 1. The number of rotatable bonds is 5. The van der Waals surface area contributed by atoms with Crippen LogP contribution in [0.15, 0.2) is 12.1 Å². The zero-order chi connectivity index (χ0) is 15.1. The second-order valence-corrected chi connectivity index (χ2v) is 4.56. The fraction of sp³-hybridized carbons (Fsp3) is 0.357. The third-order valence-electron chi connectivity index (χ3n) is 2.52.